The molecule has 5 nitrogen and oxygen atoms in total. The van der Waals surface area contributed by atoms with Crippen molar-refractivity contribution in [2.24, 2.45) is 0 Å². The first-order valence-electron chi connectivity index (χ1n) is 9.37. The number of nitrogens with zero attached hydrogens (tertiary/aromatic N) is 4. The van der Waals surface area contributed by atoms with Crippen LogP contribution in [-0.4, -0.2) is 35.7 Å². The zero-order valence-corrected chi connectivity index (χ0v) is 16.5. The lowest BCUT2D eigenvalue weighted by molar-refractivity contribution is 0.415. The monoisotopic (exact) mass is 372 g/mol. The van der Waals surface area contributed by atoms with Crippen molar-refractivity contribution in [1.29, 1.82) is 0 Å². The van der Waals surface area contributed by atoms with Gasteiger partial charge in [0.25, 0.3) is 0 Å². The fourth-order valence-electron chi connectivity index (χ4n) is 3.52. The van der Waals surface area contributed by atoms with E-state index >= 15 is 0 Å². The van der Waals surface area contributed by atoms with Gasteiger partial charge in [-0.2, -0.15) is 0 Å². The molecule has 0 saturated carbocycles. The summed E-state index contributed by atoms with van der Waals surface area (Å²) in [5, 5.41) is 1.06. The summed E-state index contributed by atoms with van der Waals surface area (Å²) in [5.41, 5.74) is 4.54. The molecule has 0 aliphatic rings. The van der Waals surface area contributed by atoms with Gasteiger partial charge >= 0.3 is 0 Å². The second-order valence-electron chi connectivity index (χ2n) is 6.97. The van der Waals surface area contributed by atoms with E-state index in [2.05, 4.69) is 57.0 Å². The van der Waals surface area contributed by atoms with Gasteiger partial charge < -0.3 is 14.2 Å². The van der Waals surface area contributed by atoms with Crippen LogP contribution >= 0.6 is 0 Å². The summed E-state index contributed by atoms with van der Waals surface area (Å²) in [7, 11) is 5.71. The van der Waals surface area contributed by atoms with E-state index in [9.17, 15) is 0 Å². The summed E-state index contributed by atoms with van der Waals surface area (Å²) >= 11 is 0. The molecular formula is C23H24N4O. The summed E-state index contributed by atoms with van der Waals surface area (Å²) in [4.78, 5) is 11.1. The van der Waals surface area contributed by atoms with Gasteiger partial charge in [-0.05, 0) is 47.9 Å². The summed E-state index contributed by atoms with van der Waals surface area (Å²) in [6.45, 7) is 0.846. The second kappa shape index (κ2) is 7.72. The summed E-state index contributed by atoms with van der Waals surface area (Å²) in [5.74, 6) is 1.78. The van der Waals surface area contributed by atoms with E-state index in [-0.39, 0.29) is 0 Å². The molecule has 0 aliphatic carbocycles. The van der Waals surface area contributed by atoms with Crippen LogP contribution in [0.25, 0.3) is 22.3 Å². The molecule has 0 amide bonds. The molecule has 0 N–H and O–H groups in total. The van der Waals surface area contributed by atoms with Crippen molar-refractivity contribution in [3.63, 3.8) is 0 Å². The minimum atomic E-state index is 0.846. The summed E-state index contributed by atoms with van der Waals surface area (Å²) in [6.07, 6.45) is 2.59. The van der Waals surface area contributed by atoms with E-state index in [0.717, 1.165) is 46.8 Å². The SMILES string of the molecule is COc1ccc(-c2cc3c(N(C)C)ncnc3n2CCc2ccccc2)cc1. The Morgan fingerprint density at radius 1 is 0.964 bits per heavy atom. The van der Waals surface area contributed by atoms with Gasteiger partial charge in [0.1, 0.15) is 23.5 Å². The highest BCUT2D eigenvalue weighted by Gasteiger charge is 2.16. The molecule has 0 atom stereocenters. The van der Waals surface area contributed by atoms with E-state index < -0.39 is 0 Å². The molecule has 0 aliphatic heterocycles. The van der Waals surface area contributed by atoms with Crippen molar-refractivity contribution >= 4 is 16.9 Å². The van der Waals surface area contributed by atoms with Crippen LogP contribution in [0.15, 0.2) is 67.0 Å². The van der Waals surface area contributed by atoms with Gasteiger partial charge in [-0.15, -0.1) is 0 Å². The lowest BCUT2D eigenvalue weighted by Crippen LogP contribution is -2.11. The fraction of sp³-hybridized carbons (Fsp3) is 0.217. The second-order valence-corrected chi connectivity index (χ2v) is 6.97. The standard InChI is InChI=1S/C23H24N4O/c1-26(2)22-20-15-21(18-9-11-19(28-3)12-10-18)27(23(20)25-16-24-22)14-13-17-7-5-4-6-8-17/h4-12,15-16H,13-14H2,1-3H3. The number of hydrogen-bond acceptors (Lipinski definition) is 4. The summed E-state index contributed by atoms with van der Waals surface area (Å²) in [6, 6.07) is 20.9. The van der Waals surface area contributed by atoms with Crippen LogP contribution in [0.4, 0.5) is 5.82 Å². The number of aromatic nitrogens is 3. The molecule has 2 aromatic heterocycles. The largest absolute Gasteiger partial charge is 0.497 e. The van der Waals surface area contributed by atoms with Gasteiger partial charge in [-0.3, -0.25) is 0 Å². The first kappa shape index (κ1) is 18.0. The predicted octanol–water partition coefficient (Wildman–Crippen LogP) is 4.42. The maximum absolute atomic E-state index is 5.31. The predicted molar refractivity (Wildman–Crippen MR) is 114 cm³/mol. The van der Waals surface area contributed by atoms with Crippen molar-refractivity contribution in [3.8, 4) is 17.0 Å². The number of benzene rings is 2. The van der Waals surface area contributed by atoms with Crippen molar-refractivity contribution in [1.82, 2.24) is 14.5 Å². The Bertz CT molecular complexity index is 1070. The molecule has 5 heteroatoms. The van der Waals surface area contributed by atoms with Crippen molar-refractivity contribution in [2.45, 2.75) is 13.0 Å². The number of rotatable bonds is 6. The Morgan fingerprint density at radius 3 is 2.39 bits per heavy atom. The number of anilines is 1. The zero-order valence-electron chi connectivity index (χ0n) is 16.5. The smallest absolute Gasteiger partial charge is 0.145 e. The third kappa shape index (κ3) is 3.43. The lowest BCUT2D eigenvalue weighted by atomic mass is 10.1. The number of methoxy groups -OCH3 is 1. The first-order valence-corrected chi connectivity index (χ1v) is 9.37. The normalized spacial score (nSPS) is 11.0. The van der Waals surface area contributed by atoms with Gasteiger partial charge in [-0.1, -0.05) is 30.3 Å². The van der Waals surface area contributed by atoms with Gasteiger partial charge in [0.05, 0.1) is 18.2 Å². The molecule has 28 heavy (non-hydrogen) atoms. The minimum absolute atomic E-state index is 0.846. The van der Waals surface area contributed by atoms with Crippen molar-refractivity contribution < 1.29 is 4.74 Å². The van der Waals surface area contributed by atoms with Gasteiger partial charge in [0.2, 0.25) is 0 Å². The maximum Gasteiger partial charge on any atom is 0.145 e. The molecule has 2 aromatic carbocycles. The van der Waals surface area contributed by atoms with E-state index in [0.29, 0.717) is 0 Å². The third-order valence-corrected chi connectivity index (χ3v) is 4.95. The van der Waals surface area contributed by atoms with E-state index in [1.165, 1.54) is 5.56 Å². The molecule has 2 heterocycles. The molecule has 142 valence electrons. The molecule has 0 saturated heterocycles. The highest BCUT2D eigenvalue weighted by atomic mass is 16.5. The van der Waals surface area contributed by atoms with Gasteiger partial charge in [0, 0.05) is 20.6 Å². The molecule has 0 fully saturated rings. The third-order valence-electron chi connectivity index (χ3n) is 4.95. The average Bonchev–Trinajstić information content (AvgIpc) is 3.11. The van der Waals surface area contributed by atoms with E-state index in [1.807, 2.05) is 37.2 Å². The molecule has 0 bridgehead atoms. The Kier molecular flexibility index (Phi) is 4.98. The molecule has 0 unspecified atom stereocenters. The van der Waals surface area contributed by atoms with Gasteiger partial charge in [-0.25, -0.2) is 9.97 Å². The Labute approximate surface area is 165 Å². The van der Waals surface area contributed by atoms with Crippen molar-refractivity contribution in [2.75, 3.05) is 26.1 Å². The minimum Gasteiger partial charge on any atom is -0.497 e. The Hall–Kier alpha value is -3.34. The van der Waals surface area contributed by atoms with Crippen LogP contribution in [0.3, 0.4) is 0 Å². The number of fused-ring (bicyclic) bond motifs is 1. The Morgan fingerprint density at radius 2 is 1.71 bits per heavy atom. The molecule has 0 radical (unpaired) electrons. The number of hydrogen-bond donors (Lipinski definition) is 0. The zero-order chi connectivity index (χ0) is 19.5. The van der Waals surface area contributed by atoms with Crippen LogP contribution < -0.4 is 9.64 Å². The molecule has 4 rings (SSSR count). The highest BCUT2D eigenvalue weighted by molar-refractivity contribution is 5.92. The van der Waals surface area contributed by atoms with Crippen molar-refractivity contribution in [3.05, 3.63) is 72.6 Å². The van der Waals surface area contributed by atoms with Crippen LogP contribution in [0, 0.1) is 0 Å². The van der Waals surface area contributed by atoms with Gasteiger partial charge in [0.15, 0.2) is 0 Å². The topological polar surface area (TPSA) is 43.2 Å². The van der Waals surface area contributed by atoms with Crippen LogP contribution in [0.2, 0.25) is 0 Å². The molecule has 0 spiro atoms. The fourth-order valence-corrected chi connectivity index (χ4v) is 3.52. The van der Waals surface area contributed by atoms with Crippen LogP contribution in [-0.2, 0) is 13.0 Å². The Balaban J connectivity index is 1.82. The van der Waals surface area contributed by atoms with Crippen LogP contribution in [0.5, 0.6) is 5.75 Å². The van der Waals surface area contributed by atoms with Crippen LogP contribution in [0.1, 0.15) is 5.56 Å². The lowest BCUT2D eigenvalue weighted by Gasteiger charge is -2.13. The van der Waals surface area contributed by atoms with E-state index in [1.54, 1.807) is 13.4 Å². The average molecular weight is 372 g/mol. The summed E-state index contributed by atoms with van der Waals surface area (Å²) < 4.78 is 7.60. The first-order chi connectivity index (χ1) is 13.7. The quantitative estimate of drug-likeness (QED) is 0.503. The number of aryl methyl sites for hydroxylation is 2. The van der Waals surface area contributed by atoms with E-state index in [4.69, 9.17) is 4.74 Å². The molecular weight excluding hydrogens is 348 g/mol. The highest BCUT2D eigenvalue weighted by Crippen LogP contribution is 2.32. The maximum atomic E-state index is 5.31. The molecule has 4 aromatic rings. The number of ether oxygens (including phenoxy) is 1.